The first kappa shape index (κ1) is 17.0. The van der Waals surface area contributed by atoms with Crippen molar-refractivity contribution in [3.63, 3.8) is 0 Å². The predicted molar refractivity (Wildman–Crippen MR) is 103 cm³/mol. The number of hydrogen-bond donors (Lipinski definition) is 1. The van der Waals surface area contributed by atoms with E-state index in [2.05, 4.69) is 34.6 Å². The van der Waals surface area contributed by atoms with Crippen molar-refractivity contribution in [1.29, 1.82) is 0 Å². The van der Waals surface area contributed by atoms with E-state index in [0.717, 1.165) is 63.2 Å². The van der Waals surface area contributed by atoms with E-state index < -0.39 is 0 Å². The summed E-state index contributed by atoms with van der Waals surface area (Å²) in [5.41, 5.74) is 3.37. The van der Waals surface area contributed by atoms with Crippen LogP contribution < -0.4 is 10.2 Å². The molecule has 2 aromatic rings. The molecule has 2 aliphatic heterocycles. The summed E-state index contributed by atoms with van der Waals surface area (Å²) in [6, 6.07) is 15.0. The first-order chi connectivity index (χ1) is 12.8. The number of rotatable bonds is 4. The molecule has 1 saturated heterocycles. The van der Waals surface area contributed by atoms with Crippen molar-refractivity contribution in [2.45, 2.75) is 31.7 Å². The zero-order valence-electron chi connectivity index (χ0n) is 15.1. The molecular weight excluding hydrogens is 324 g/mol. The number of hydrogen-bond acceptors (Lipinski definition) is 3. The number of amides is 2. The molecule has 0 bridgehead atoms. The molecule has 4 rings (SSSR count). The number of pyridine rings is 1. The van der Waals surface area contributed by atoms with Gasteiger partial charge in [-0.15, -0.1) is 0 Å². The predicted octanol–water partition coefficient (Wildman–Crippen LogP) is 2.86. The number of nitrogens with one attached hydrogen (secondary N) is 1. The lowest BCUT2D eigenvalue weighted by molar-refractivity contribution is 0.180. The smallest absolute Gasteiger partial charge is 0.323 e. The Morgan fingerprint density at radius 2 is 2.04 bits per heavy atom. The maximum atomic E-state index is 13.0. The number of carbonyl (C=O) groups is 1. The minimum atomic E-state index is 0.131. The monoisotopic (exact) mass is 350 g/mol. The fraction of sp³-hybridized carbons (Fsp3) is 0.429. The fourth-order valence-electron chi connectivity index (χ4n) is 3.96. The van der Waals surface area contributed by atoms with Gasteiger partial charge in [0.25, 0.3) is 0 Å². The summed E-state index contributed by atoms with van der Waals surface area (Å²) in [7, 11) is 0. The summed E-state index contributed by atoms with van der Waals surface area (Å²) >= 11 is 0. The zero-order chi connectivity index (χ0) is 17.8. The van der Waals surface area contributed by atoms with Crippen LogP contribution in [0.3, 0.4) is 0 Å². The lowest BCUT2D eigenvalue weighted by atomic mass is 10.1. The van der Waals surface area contributed by atoms with Gasteiger partial charge < -0.3 is 10.2 Å². The molecule has 0 unspecified atom stereocenters. The second-order valence-corrected chi connectivity index (χ2v) is 7.13. The van der Waals surface area contributed by atoms with Crippen LogP contribution in [0.2, 0.25) is 0 Å². The highest BCUT2D eigenvalue weighted by Crippen LogP contribution is 2.27. The number of fused-ring (bicyclic) bond motifs is 1. The Kier molecular flexibility index (Phi) is 5.16. The average molecular weight is 350 g/mol. The van der Waals surface area contributed by atoms with Crippen molar-refractivity contribution in [1.82, 2.24) is 15.2 Å². The summed E-state index contributed by atoms with van der Waals surface area (Å²) in [4.78, 5) is 21.3. The van der Waals surface area contributed by atoms with Crippen LogP contribution in [0.15, 0.2) is 48.7 Å². The van der Waals surface area contributed by atoms with Crippen molar-refractivity contribution in [2.75, 3.05) is 31.1 Å². The quantitative estimate of drug-likeness (QED) is 0.922. The third-order valence-electron chi connectivity index (χ3n) is 5.34. The van der Waals surface area contributed by atoms with Gasteiger partial charge in [0.1, 0.15) is 0 Å². The zero-order valence-corrected chi connectivity index (χ0v) is 15.1. The summed E-state index contributed by atoms with van der Waals surface area (Å²) in [6.07, 6.45) is 5.88. The lowest BCUT2D eigenvalue weighted by Crippen LogP contribution is -2.52. The van der Waals surface area contributed by atoms with E-state index in [4.69, 9.17) is 0 Å². The number of benzene rings is 1. The summed E-state index contributed by atoms with van der Waals surface area (Å²) in [5, 5.41) is 3.64. The molecule has 0 radical (unpaired) electrons. The second kappa shape index (κ2) is 7.87. The number of piperidine rings is 1. The molecule has 5 heteroatoms. The minimum Gasteiger partial charge on any atom is -0.323 e. The van der Waals surface area contributed by atoms with Crippen LogP contribution in [0.1, 0.15) is 24.1 Å². The van der Waals surface area contributed by atoms with Gasteiger partial charge in [-0.3, -0.25) is 9.88 Å². The molecule has 2 amide bonds. The average Bonchev–Trinajstić information content (AvgIpc) is 3.13. The molecule has 5 nitrogen and oxygen atoms in total. The van der Waals surface area contributed by atoms with E-state index in [1.54, 1.807) is 6.20 Å². The van der Waals surface area contributed by atoms with Crippen molar-refractivity contribution in [3.8, 4) is 0 Å². The highest BCUT2D eigenvalue weighted by molar-refractivity contribution is 5.93. The Bertz CT molecular complexity index is 749. The molecule has 1 atom stereocenters. The van der Waals surface area contributed by atoms with Crippen LogP contribution in [-0.2, 0) is 12.8 Å². The van der Waals surface area contributed by atoms with Gasteiger partial charge in [-0.25, -0.2) is 4.79 Å². The molecule has 0 aliphatic carbocycles. The summed E-state index contributed by atoms with van der Waals surface area (Å²) in [6.45, 7) is 3.34. The Morgan fingerprint density at radius 1 is 1.15 bits per heavy atom. The Morgan fingerprint density at radius 3 is 2.92 bits per heavy atom. The molecule has 3 heterocycles. The largest absolute Gasteiger partial charge is 0.324 e. The molecule has 1 fully saturated rings. The van der Waals surface area contributed by atoms with Crippen LogP contribution in [0.25, 0.3) is 0 Å². The van der Waals surface area contributed by atoms with Crippen LogP contribution >= 0.6 is 0 Å². The molecule has 1 N–H and O–H groups in total. The van der Waals surface area contributed by atoms with Gasteiger partial charge in [-0.2, -0.15) is 0 Å². The van der Waals surface area contributed by atoms with E-state index in [1.165, 1.54) is 5.56 Å². The molecule has 1 aromatic carbocycles. The van der Waals surface area contributed by atoms with E-state index in [-0.39, 0.29) is 6.03 Å². The van der Waals surface area contributed by atoms with Crippen LogP contribution in [0, 0.1) is 0 Å². The molecule has 1 aromatic heterocycles. The summed E-state index contributed by atoms with van der Waals surface area (Å²) in [5.74, 6) is 0. The topological polar surface area (TPSA) is 48.5 Å². The van der Waals surface area contributed by atoms with Crippen molar-refractivity contribution >= 4 is 11.7 Å². The highest BCUT2D eigenvalue weighted by atomic mass is 16.2. The van der Waals surface area contributed by atoms with Crippen LogP contribution in [-0.4, -0.2) is 48.1 Å². The first-order valence-electron chi connectivity index (χ1n) is 9.59. The first-order valence-corrected chi connectivity index (χ1v) is 9.59. The standard InChI is InChI=1S/C21H26N4O/c26-21(25-15-11-19-20(25)9-4-12-23-19)24-14-5-8-18(16-24)22-13-10-17-6-2-1-3-7-17/h1-4,6-7,9,12,18,22H,5,8,10-11,13-16H2/t18-/m0/s1. The van der Waals surface area contributed by atoms with Crippen LogP contribution in [0.4, 0.5) is 10.5 Å². The molecule has 136 valence electrons. The van der Waals surface area contributed by atoms with Crippen molar-refractivity contribution < 1.29 is 4.79 Å². The minimum absolute atomic E-state index is 0.131. The van der Waals surface area contributed by atoms with E-state index in [1.807, 2.05) is 28.0 Å². The Hall–Kier alpha value is -2.40. The van der Waals surface area contributed by atoms with Crippen molar-refractivity contribution in [3.05, 3.63) is 59.9 Å². The van der Waals surface area contributed by atoms with E-state index in [9.17, 15) is 4.79 Å². The normalized spacial score (nSPS) is 19.5. The van der Waals surface area contributed by atoms with Gasteiger partial charge in [0.2, 0.25) is 0 Å². The maximum Gasteiger partial charge on any atom is 0.324 e. The third-order valence-corrected chi connectivity index (χ3v) is 5.34. The van der Waals surface area contributed by atoms with E-state index >= 15 is 0 Å². The summed E-state index contributed by atoms with van der Waals surface area (Å²) < 4.78 is 0. The second-order valence-electron chi connectivity index (χ2n) is 7.13. The number of carbonyl (C=O) groups excluding carboxylic acids is 1. The lowest BCUT2D eigenvalue weighted by Gasteiger charge is -2.35. The number of aromatic nitrogens is 1. The van der Waals surface area contributed by atoms with Gasteiger partial charge >= 0.3 is 6.03 Å². The van der Waals surface area contributed by atoms with Crippen LogP contribution in [0.5, 0.6) is 0 Å². The number of urea groups is 1. The van der Waals surface area contributed by atoms with Gasteiger partial charge in [-0.1, -0.05) is 30.3 Å². The van der Waals surface area contributed by atoms with Gasteiger partial charge in [-0.05, 0) is 43.5 Å². The number of likely N-dealkylation sites (tertiary alicyclic amines) is 1. The van der Waals surface area contributed by atoms with E-state index in [0.29, 0.717) is 6.04 Å². The highest BCUT2D eigenvalue weighted by Gasteiger charge is 2.31. The van der Waals surface area contributed by atoms with Gasteiger partial charge in [0.15, 0.2) is 0 Å². The SMILES string of the molecule is O=C(N1CCC[C@H](NCCc2ccccc2)C1)N1CCc2ncccc21. The Balaban J connectivity index is 1.31. The molecule has 0 spiro atoms. The molecule has 0 saturated carbocycles. The Labute approximate surface area is 155 Å². The number of anilines is 1. The van der Waals surface area contributed by atoms with Gasteiger partial charge in [0.05, 0.1) is 11.4 Å². The molecule has 2 aliphatic rings. The third kappa shape index (κ3) is 3.73. The van der Waals surface area contributed by atoms with Gasteiger partial charge in [0, 0.05) is 38.3 Å². The fourth-order valence-corrected chi connectivity index (χ4v) is 3.96. The van der Waals surface area contributed by atoms with Crippen molar-refractivity contribution in [2.24, 2.45) is 0 Å². The molecule has 26 heavy (non-hydrogen) atoms. The number of nitrogens with zero attached hydrogens (tertiary/aromatic N) is 3. The maximum absolute atomic E-state index is 13.0. The molecular formula is C21H26N4O.